The number of amides is 1. The summed E-state index contributed by atoms with van der Waals surface area (Å²) in [7, 11) is 0. The molecule has 0 aliphatic carbocycles. The molecule has 2 aliphatic rings. The zero-order valence-corrected chi connectivity index (χ0v) is 13.7. The molecule has 0 radical (unpaired) electrons. The number of benzene rings is 1. The monoisotopic (exact) mass is 344 g/mol. The average molecular weight is 345 g/mol. The van der Waals surface area contributed by atoms with Crippen molar-refractivity contribution in [3.63, 3.8) is 0 Å². The fourth-order valence-corrected chi connectivity index (χ4v) is 3.13. The molecule has 1 aromatic carbocycles. The maximum atomic E-state index is 13.8. The van der Waals surface area contributed by atoms with Crippen molar-refractivity contribution in [3.8, 4) is 5.75 Å². The summed E-state index contributed by atoms with van der Waals surface area (Å²) < 4.78 is 24.5. The van der Waals surface area contributed by atoms with Crippen molar-refractivity contribution in [2.24, 2.45) is 11.1 Å². The standard InChI is InChI=1S/C16H21FN2O3.ClH/c17-12-3-1-2-11-13(4-7-22-14(11)12)19-15(20)16(10-18)5-8-21-9-6-16;/h1-3,13H,4-10,18H2,(H,19,20);1H/t13-;/m1./s1. The summed E-state index contributed by atoms with van der Waals surface area (Å²) in [6.07, 6.45) is 1.86. The van der Waals surface area contributed by atoms with Crippen LogP contribution in [0.1, 0.15) is 30.9 Å². The Balaban J connectivity index is 0.00000192. The van der Waals surface area contributed by atoms with Crippen LogP contribution < -0.4 is 15.8 Å². The van der Waals surface area contributed by atoms with E-state index in [1.54, 1.807) is 12.1 Å². The minimum absolute atomic E-state index is 0. The van der Waals surface area contributed by atoms with Gasteiger partial charge in [0.25, 0.3) is 0 Å². The van der Waals surface area contributed by atoms with Crippen LogP contribution in [0.3, 0.4) is 0 Å². The Bertz CT molecular complexity index is 564. The Kier molecular flexibility index (Phi) is 5.84. The van der Waals surface area contributed by atoms with Gasteiger partial charge in [-0.2, -0.15) is 0 Å². The largest absolute Gasteiger partial charge is 0.490 e. The Morgan fingerprint density at radius 1 is 1.35 bits per heavy atom. The molecule has 2 heterocycles. The van der Waals surface area contributed by atoms with Crippen molar-refractivity contribution in [2.75, 3.05) is 26.4 Å². The van der Waals surface area contributed by atoms with Gasteiger partial charge in [0.05, 0.1) is 18.1 Å². The van der Waals surface area contributed by atoms with Crippen LogP contribution in [-0.4, -0.2) is 32.3 Å². The molecular weight excluding hydrogens is 323 g/mol. The maximum absolute atomic E-state index is 13.8. The molecule has 0 saturated carbocycles. The number of rotatable bonds is 3. The number of carbonyl (C=O) groups excluding carboxylic acids is 1. The van der Waals surface area contributed by atoms with Gasteiger partial charge >= 0.3 is 0 Å². The van der Waals surface area contributed by atoms with Gasteiger partial charge in [0.1, 0.15) is 0 Å². The topological polar surface area (TPSA) is 73.6 Å². The van der Waals surface area contributed by atoms with Crippen molar-refractivity contribution in [1.29, 1.82) is 0 Å². The third-order valence-electron chi connectivity index (χ3n) is 4.65. The van der Waals surface area contributed by atoms with Gasteiger partial charge in [-0.1, -0.05) is 12.1 Å². The summed E-state index contributed by atoms with van der Waals surface area (Å²) in [6.45, 7) is 1.77. The van der Waals surface area contributed by atoms with Gasteiger partial charge in [0.2, 0.25) is 5.91 Å². The van der Waals surface area contributed by atoms with Gasteiger partial charge in [-0.15, -0.1) is 12.4 Å². The zero-order valence-electron chi connectivity index (χ0n) is 12.8. The number of halogens is 2. The molecule has 0 unspecified atom stereocenters. The van der Waals surface area contributed by atoms with Gasteiger partial charge in [-0.3, -0.25) is 4.79 Å². The normalized spacial score (nSPS) is 22.3. The van der Waals surface area contributed by atoms with Gasteiger partial charge in [-0.05, 0) is 18.9 Å². The number of ether oxygens (including phenoxy) is 2. The van der Waals surface area contributed by atoms with Crippen LogP contribution in [0.5, 0.6) is 5.75 Å². The lowest BCUT2D eigenvalue weighted by Crippen LogP contribution is -2.50. The van der Waals surface area contributed by atoms with Gasteiger partial charge in [0.15, 0.2) is 11.6 Å². The van der Waals surface area contributed by atoms with Gasteiger partial charge in [0, 0.05) is 31.7 Å². The molecule has 0 aromatic heterocycles. The Morgan fingerprint density at radius 2 is 2.09 bits per heavy atom. The highest BCUT2D eigenvalue weighted by Gasteiger charge is 2.40. The Hall–Kier alpha value is -1.37. The Labute approximate surface area is 141 Å². The molecule has 1 aromatic rings. The van der Waals surface area contributed by atoms with E-state index in [1.807, 2.05) is 0 Å². The predicted octanol–water partition coefficient (Wildman–Crippen LogP) is 1.94. The molecular formula is C16H22ClFN2O3. The molecule has 7 heteroatoms. The summed E-state index contributed by atoms with van der Waals surface area (Å²) >= 11 is 0. The summed E-state index contributed by atoms with van der Waals surface area (Å²) in [5.74, 6) is -0.218. The molecule has 2 aliphatic heterocycles. The van der Waals surface area contributed by atoms with Crippen LogP contribution in [0, 0.1) is 11.2 Å². The van der Waals surface area contributed by atoms with E-state index in [0.29, 0.717) is 51.2 Å². The second-order valence-corrected chi connectivity index (χ2v) is 5.92. The molecule has 1 atom stereocenters. The minimum atomic E-state index is -0.579. The molecule has 0 spiro atoms. The van der Waals surface area contributed by atoms with Crippen LogP contribution in [0.2, 0.25) is 0 Å². The third-order valence-corrected chi connectivity index (χ3v) is 4.65. The number of fused-ring (bicyclic) bond motifs is 1. The summed E-state index contributed by atoms with van der Waals surface area (Å²) in [5.41, 5.74) is 5.98. The smallest absolute Gasteiger partial charge is 0.228 e. The Morgan fingerprint density at radius 3 is 2.78 bits per heavy atom. The van der Waals surface area contributed by atoms with Crippen LogP contribution in [-0.2, 0) is 9.53 Å². The molecule has 23 heavy (non-hydrogen) atoms. The first-order valence-corrected chi connectivity index (χ1v) is 7.66. The third kappa shape index (κ3) is 3.44. The van der Waals surface area contributed by atoms with E-state index >= 15 is 0 Å². The second kappa shape index (κ2) is 7.47. The molecule has 128 valence electrons. The fourth-order valence-electron chi connectivity index (χ4n) is 3.13. The zero-order chi connectivity index (χ0) is 15.6. The van der Waals surface area contributed by atoms with Crippen LogP contribution in [0.4, 0.5) is 4.39 Å². The molecule has 1 amide bonds. The van der Waals surface area contributed by atoms with E-state index in [0.717, 1.165) is 0 Å². The molecule has 5 nitrogen and oxygen atoms in total. The molecule has 3 N–H and O–H groups in total. The van der Waals surface area contributed by atoms with Crippen molar-refractivity contribution in [1.82, 2.24) is 5.32 Å². The molecule has 1 saturated heterocycles. The van der Waals surface area contributed by atoms with E-state index in [-0.39, 0.29) is 30.1 Å². The summed E-state index contributed by atoms with van der Waals surface area (Å²) in [4.78, 5) is 12.7. The van der Waals surface area contributed by atoms with E-state index < -0.39 is 11.2 Å². The lowest BCUT2D eigenvalue weighted by molar-refractivity contribution is -0.136. The fraction of sp³-hybridized carbons (Fsp3) is 0.562. The average Bonchev–Trinajstić information content (AvgIpc) is 2.56. The van der Waals surface area contributed by atoms with E-state index in [1.165, 1.54) is 6.07 Å². The lowest BCUT2D eigenvalue weighted by atomic mass is 9.79. The van der Waals surface area contributed by atoms with E-state index in [2.05, 4.69) is 5.32 Å². The highest BCUT2D eigenvalue weighted by atomic mass is 35.5. The van der Waals surface area contributed by atoms with Crippen molar-refractivity contribution in [3.05, 3.63) is 29.6 Å². The highest BCUT2D eigenvalue weighted by Crippen LogP contribution is 2.36. The van der Waals surface area contributed by atoms with Crippen molar-refractivity contribution < 1.29 is 18.7 Å². The number of hydrogen-bond donors (Lipinski definition) is 2. The van der Waals surface area contributed by atoms with Crippen molar-refractivity contribution >= 4 is 18.3 Å². The van der Waals surface area contributed by atoms with Crippen LogP contribution >= 0.6 is 12.4 Å². The SMILES string of the molecule is Cl.NCC1(C(=O)N[C@@H]2CCOc3c(F)cccc32)CCOCC1. The molecule has 3 rings (SSSR count). The van der Waals surface area contributed by atoms with Gasteiger partial charge in [-0.25, -0.2) is 4.39 Å². The van der Waals surface area contributed by atoms with Crippen LogP contribution in [0.25, 0.3) is 0 Å². The summed E-state index contributed by atoms with van der Waals surface area (Å²) in [6, 6.07) is 4.55. The predicted molar refractivity (Wildman–Crippen MR) is 86.2 cm³/mol. The first-order chi connectivity index (χ1) is 10.7. The highest BCUT2D eigenvalue weighted by molar-refractivity contribution is 5.85. The second-order valence-electron chi connectivity index (χ2n) is 5.92. The number of nitrogens with two attached hydrogens (primary N) is 1. The van der Waals surface area contributed by atoms with Crippen molar-refractivity contribution in [2.45, 2.75) is 25.3 Å². The van der Waals surface area contributed by atoms with Crippen LogP contribution in [0.15, 0.2) is 18.2 Å². The first kappa shape index (κ1) is 18.0. The van der Waals surface area contributed by atoms with Gasteiger partial charge < -0.3 is 20.5 Å². The maximum Gasteiger partial charge on any atom is 0.228 e. The van der Waals surface area contributed by atoms with E-state index in [4.69, 9.17) is 15.2 Å². The number of para-hydroxylation sites is 1. The quantitative estimate of drug-likeness (QED) is 0.879. The first-order valence-electron chi connectivity index (χ1n) is 7.66. The minimum Gasteiger partial charge on any atom is -0.490 e. The van der Waals surface area contributed by atoms with E-state index in [9.17, 15) is 9.18 Å². The summed E-state index contributed by atoms with van der Waals surface area (Å²) in [5, 5.41) is 3.04. The molecule has 0 bridgehead atoms. The number of hydrogen-bond acceptors (Lipinski definition) is 4. The lowest BCUT2D eigenvalue weighted by Gasteiger charge is -2.37. The number of carbonyl (C=O) groups is 1. The number of nitrogens with one attached hydrogen (secondary N) is 1. The molecule has 1 fully saturated rings.